The quantitative estimate of drug-likeness (QED) is 0.304. The van der Waals surface area contributed by atoms with Crippen LogP contribution in [0.1, 0.15) is 39.9 Å². The van der Waals surface area contributed by atoms with Crippen molar-refractivity contribution < 1.29 is 23.1 Å². The molecule has 188 valence electrons. The molecule has 3 aromatic carbocycles. The van der Waals surface area contributed by atoms with E-state index in [1.807, 2.05) is 12.1 Å². The van der Waals surface area contributed by atoms with E-state index >= 15 is 0 Å². The molecule has 36 heavy (non-hydrogen) atoms. The zero-order chi connectivity index (χ0) is 25.7. The number of benzene rings is 3. The second-order valence-electron chi connectivity index (χ2n) is 8.82. The molecule has 0 fully saturated rings. The number of aliphatic hydroxyl groups excluding tert-OH is 1. The number of oxazole rings is 1. The molecule has 0 radical (unpaired) electrons. The number of para-hydroxylation sites is 1. The molecular formula is C28H29F2N3O3. The fourth-order valence-electron chi connectivity index (χ4n) is 4.22. The van der Waals surface area contributed by atoms with Crippen LogP contribution in [0, 0.1) is 18.6 Å². The fraction of sp³-hybridized carbons (Fsp3) is 0.286. The Hall–Kier alpha value is -3.62. The van der Waals surface area contributed by atoms with E-state index in [-0.39, 0.29) is 18.5 Å². The Morgan fingerprint density at radius 2 is 1.75 bits per heavy atom. The summed E-state index contributed by atoms with van der Waals surface area (Å²) in [6.45, 7) is 4.45. The highest BCUT2D eigenvalue weighted by atomic mass is 19.1. The first-order valence-electron chi connectivity index (χ1n) is 11.9. The number of nitrogens with zero attached hydrogens (tertiary/aromatic N) is 1. The van der Waals surface area contributed by atoms with Crippen LogP contribution in [0.4, 0.5) is 8.78 Å². The summed E-state index contributed by atoms with van der Waals surface area (Å²) in [6.07, 6.45) is -0.0861. The fourth-order valence-corrected chi connectivity index (χ4v) is 4.22. The number of carbonyl (C=O) groups is 1. The summed E-state index contributed by atoms with van der Waals surface area (Å²) in [5.74, 6) is -1.50. The van der Waals surface area contributed by atoms with Gasteiger partial charge in [-0.15, -0.1) is 0 Å². The molecule has 1 heterocycles. The van der Waals surface area contributed by atoms with Crippen molar-refractivity contribution in [1.82, 2.24) is 15.6 Å². The molecular weight excluding hydrogens is 464 g/mol. The third kappa shape index (κ3) is 6.33. The zero-order valence-corrected chi connectivity index (χ0v) is 20.2. The average molecular weight is 494 g/mol. The van der Waals surface area contributed by atoms with Crippen LogP contribution < -0.4 is 10.6 Å². The highest BCUT2D eigenvalue weighted by Crippen LogP contribution is 2.20. The second kappa shape index (κ2) is 11.4. The SMILES string of the molecule is CCc1cccc(CNC[C@H](O)[C@H](Cc2cc(F)cc(F)c2)NC(=O)c2cccc3nc(C)oc23)c1. The molecule has 0 bridgehead atoms. The van der Waals surface area contributed by atoms with Crippen molar-refractivity contribution in [3.05, 3.63) is 100 Å². The molecule has 3 N–H and O–H groups in total. The van der Waals surface area contributed by atoms with Crippen molar-refractivity contribution in [3.63, 3.8) is 0 Å². The molecule has 0 saturated carbocycles. The largest absolute Gasteiger partial charge is 0.440 e. The summed E-state index contributed by atoms with van der Waals surface area (Å²) in [5, 5.41) is 17.0. The van der Waals surface area contributed by atoms with Gasteiger partial charge in [0, 0.05) is 26.1 Å². The minimum atomic E-state index is -1.04. The molecule has 0 aliphatic heterocycles. The minimum Gasteiger partial charge on any atom is -0.440 e. The van der Waals surface area contributed by atoms with Gasteiger partial charge in [-0.25, -0.2) is 13.8 Å². The Bertz CT molecular complexity index is 1330. The number of aromatic nitrogens is 1. The number of rotatable bonds is 10. The number of nitrogens with one attached hydrogen (secondary N) is 2. The Morgan fingerprint density at radius 1 is 1.03 bits per heavy atom. The minimum absolute atomic E-state index is 0.0278. The van der Waals surface area contributed by atoms with Gasteiger partial charge >= 0.3 is 0 Å². The maximum absolute atomic E-state index is 13.8. The standard InChI is InChI=1S/C28H29F2N3O3/c1-3-18-6-4-7-19(10-18)15-31-16-26(34)25(13-20-11-21(29)14-22(30)12-20)33-28(35)23-8-5-9-24-27(23)36-17(2)32-24/h4-12,14,25-26,31,34H,3,13,15-16H2,1-2H3,(H,33,35)/t25-,26-/m0/s1. The average Bonchev–Trinajstić information content (AvgIpc) is 3.23. The normalized spacial score (nSPS) is 13.0. The predicted octanol–water partition coefficient (Wildman–Crippen LogP) is 4.47. The molecule has 2 atom stereocenters. The molecule has 1 amide bonds. The first-order chi connectivity index (χ1) is 17.3. The monoisotopic (exact) mass is 493 g/mol. The van der Waals surface area contributed by atoms with Crippen LogP contribution in [-0.4, -0.2) is 34.7 Å². The number of aliphatic hydroxyl groups is 1. The van der Waals surface area contributed by atoms with Crippen LogP contribution in [0.25, 0.3) is 11.1 Å². The lowest BCUT2D eigenvalue weighted by Crippen LogP contribution is -2.48. The molecule has 1 aromatic heterocycles. The highest BCUT2D eigenvalue weighted by Gasteiger charge is 2.24. The van der Waals surface area contributed by atoms with Crippen LogP contribution in [0.5, 0.6) is 0 Å². The number of halogens is 2. The maximum Gasteiger partial charge on any atom is 0.255 e. The van der Waals surface area contributed by atoms with E-state index in [4.69, 9.17) is 4.42 Å². The molecule has 4 aromatic rings. The molecule has 0 aliphatic carbocycles. The topological polar surface area (TPSA) is 87.4 Å². The van der Waals surface area contributed by atoms with Crippen molar-refractivity contribution in [2.45, 2.75) is 45.4 Å². The van der Waals surface area contributed by atoms with E-state index < -0.39 is 29.7 Å². The molecule has 0 spiro atoms. The van der Waals surface area contributed by atoms with E-state index in [0.29, 0.717) is 29.1 Å². The van der Waals surface area contributed by atoms with Crippen LogP contribution in [-0.2, 0) is 19.4 Å². The summed E-state index contributed by atoms with van der Waals surface area (Å²) < 4.78 is 33.2. The maximum atomic E-state index is 13.8. The van der Waals surface area contributed by atoms with Gasteiger partial charge in [0.2, 0.25) is 0 Å². The van der Waals surface area contributed by atoms with Crippen LogP contribution in [0.3, 0.4) is 0 Å². The van der Waals surface area contributed by atoms with Crippen molar-refractivity contribution in [3.8, 4) is 0 Å². The first-order valence-corrected chi connectivity index (χ1v) is 11.9. The highest BCUT2D eigenvalue weighted by molar-refractivity contribution is 6.04. The number of amides is 1. The van der Waals surface area contributed by atoms with Crippen molar-refractivity contribution in [2.24, 2.45) is 0 Å². The van der Waals surface area contributed by atoms with Gasteiger partial charge in [-0.1, -0.05) is 37.3 Å². The molecule has 0 saturated heterocycles. The van der Waals surface area contributed by atoms with Crippen LogP contribution in [0.2, 0.25) is 0 Å². The van der Waals surface area contributed by atoms with Gasteiger partial charge < -0.3 is 20.2 Å². The Labute approximate surface area is 208 Å². The summed E-state index contributed by atoms with van der Waals surface area (Å²) in [6, 6.07) is 15.5. The van der Waals surface area contributed by atoms with Gasteiger partial charge in [0.1, 0.15) is 17.2 Å². The summed E-state index contributed by atoms with van der Waals surface area (Å²) in [4.78, 5) is 17.4. The van der Waals surface area contributed by atoms with E-state index in [1.165, 1.54) is 17.7 Å². The third-order valence-corrected chi connectivity index (χ3v) is 6.01. The number of hydrogen-bond acceptors (Lipinski definition) is 5. The van der Waals surface area contributed by atoms with E-state index in [1.54, 1.807) is 25.1 Å². The third-order valence-electron chi connectivity index (χ3n) is 6.01. The predicted molar refractivity (Wildman–Crippen MR) is 134 cm³/mol. The van der Waals surface area contributed by atoms with Crippen LogP contribution >= 0.6 is 0 Å². The zero-order valence-electron chi connectivity index (χ0n) is 20.2. The number of hydrogen-bond donors (Lipinski definition) is 3. The Balaban J connectivity index is 1.51. The number of carbonyl (C=O) groups excluding carboxylic acids is 1. The lowest BCUT2D eigenvalue weighted by molar-refractivity contribution is 0.0830. The van der Waals surface area contributed by atoms with Gasteiger partial charge in [-0.2, -0.15) is 0 Å². The summed E-state index contributed by atoms with van der Waals surface area (Å²) in [7, 11) is 0. The van der Waals surface area contributed by atoms with Gasteiger partial charge in [0.05, 0.1) is 17.7 Å². The van der Waals surface area contributed by atoms with Gasteiger partial charge in [0.15, 0.2) is 11.5 Å². The molecule has 6 nitrogen and oxygen atoms in total. The molecule has 4 rings (SSSR count). The Kier molecular flexibility index (Phi) is 8.07. The van der Waals surface area contributed by atoms with E-state index in [2.05, 4.69) is 34.7 Å². The lowest BCUT2D eigenvalue weighted by atomic mass is 10.00. The van der Waals surface area contributed by atoms with Crippen molar-refractivity contribution in [1.29, 1.82) is 0 Å². The van der Waals surface area contributed by atoms with Crippen LogP contribution in [0.15, 0.2) is 65.1 Å². The Morgan fingerprint density at radius 3 is 2.50 bits per heavy atom. The molecule has 0 unspecified atom stereocenters. The summed E-state index contributed by atoms with van der Waals surface area (Å²) >= 11 is 0. The summed E-state index contributed by atoms with van der Waals surface area (Å²) in [5.41, 5.74) is 3.75. The van der Waals surface area contributed by atoms with Gasteiger partial charge in [-0.3, -0.25) is 4.79 Å². The number of aryl methyl sites for hydroxylation is 2. The van der Waals surface area contributed by atoms with E-state index in [0.717, 1.165) is 18.1 Å². The molecule has 0 aliphatic rings. The lowest BCUT2D eigenvalue weighted by Gasteiger charge is -2.25. The smallest absolute Gasteiger partial charge is 0.255 e. The van der Waals surface area contributed by atoms with Gasteiger partial charge in [-0.05, 0) is 53.8 Å². The van der Waals surface area contributed by atoms with Gasteiger partial charge in [0.25, 0.3) is 5.91 Å². The second-order valence-corrected chi connectivity index (χ2v) is 8.82. The van der Waals surface area contributed by atoms with Crippen molar-refractivity contribution in [2.75, 3.05) is 6.54 Å². The van der Waals surface area contributed by atoms with Crippen molar-refractivity contribution >= 4 is 17.0 Å². The van der Waals surface area contributed by atoms with E-state index in [9.17, 15) is 18.7 Å². The number of fused-ring (bicyclic) bond motifs is 1. The molecule has 8 heteroatoms. The first kappa shape index (κ1) is 25.5.